The average molecular weight is 324 g/mol. The highest BCUT2D eigenvalue weighted by Gasteiger charge is 2.19. The molecule has 0 atom stereocenters. The van der Waals surface area contributed by atoms with E-state index < -0.39 is 0 Å². The molecule has 2 amide bonds. The lowest BCUT2D eigenvalue weighted by Gasteiger charge is -2.20. The van der Waals surface area contributed by atoms with E-state index in [1.54, 1.807) is 53.4 Å². The average Bonchev–Trinajstić information content (AvgIpc) is 3.29. The van der Waals surface area contributed by atoms with Gasteiger partial charge in [0.15, 0.2) is 11.5 Å². The van der Waals surface area contributed by atoms with Crippen molar-refractivity contribution in [1.29, 1.82) is 0 Å². The minimum Gasteiger partial charge on any atom is -0.459 e. The Balaban J connectivity index is 1.81. The van der Waals surface area contributed by atoms with Gasteiger partial charge in [-0.05, 0) is 49.4 Å². The Kier molecular flexibility index (Phi) is 4.47. The van der Waals surface area contributed by atoms with Crippen LogP contribution in [0, 0.1) is 0 Å². The Morgan fingerprint density at radius 2 is 1.71 bits per heavy atom. The van der Waals surface area contributed by atoms with Gasteiger partial charge >= 0.3 is 0 Å². The molecule has 0 unspecified atom stereocenters. The first-order chi connectivity index (χ1) is 11.7. The van der Waals surface area contributed by atoms with Crippen molar-refractivity contribution in [3.63, 3.8) is 0 Å². The molecule has 122 valence electrons. The molecule has 0 fully saturated rings. The molecule has 6 heteroatoms. The number of amides is 2. The number of anilines is 2. The van der Waals surface area contributed by atoms with Gasteiger partial charge in [-0.15, -0.1) is 0 Å². The van der Waals surface area contributed by atoms with Gasteiger partial charge in [-0.1, -0.05) is 6.07 Å². The van der Waals surface area contributed by atoms with Crippen LogP contribution in [0.4, 0.5) is 11.4 Å². The third-order valence-corrected chi connectivity index (χ3v) is 3.45. The molecule has 0 radical (unpaired) electrons. The molecular formula is C18H16N2O4. The van der Waals surface area contributed by atoms with Crippen LogP contribution in [0.3, 0.4) is 0 Å². The van der Waals surface area contributed by atoms with Gasteiger partial charge in [0.1, 0.15) is 0 Å². The van der Waals surface area contributed by atoms with Gasteiger partial charge in [0, 0.05) is 17.9 Å². The van der Waals surface area contributed by atoms with Crippen LogP contribution in [0.1, 0.15) is 28.0 Å². The zero-order valence-corrected chi connectivity index (χ0v) is 13.1. The fourth-order valence-electron chi connectivity index (χ4n) is 2.33. The van der Waals surface area contributed by atoms with E-state index in [9.17, 15) is 9.59 Å². The summed E-state index contributed by atoms with van der Waals surface area (Å²) in [6.07, 6.45) is 2.90. The minimum atomic E-state index is -0.349. The summed E-state index contributed by atoms with van der Waals surface area (Å²) in [6, 6.07) is 13.6. The first-order valence-corrected chi connectivity index (χ1v) is 7.49. The van der Waals surface area contributed by atoms with Crippen molar-refractivity contribution in [2.24, 2.45) is 0 Å². The Morgan fingerprint density at radius 3 is 2.33 bits per heavy atom. The van der Waals surface area contributed by atoms with E-state index >= 15 is 0 Å². The maximum absolute atomic E-state index is 12.5. The molecule has 24 heavy (non-hydrogen) atoms. The summed E-state index contributed by atoms with van der Waals surface area (Å²) in [5.74, 6) is -0.101. The topological polar surface area (TPSA) is 75.7 Å². The molecule has 0 aliphatic heterocycles. The normalized spacial score (nSPS) is 10.4. The standard InChI is InChI=1S/C18H16N2O4/c1-2-20(18(22)16-9-5-11-24-16)14-7-3-6-13(12-14)19-17(21)15-8-4-10-23-15/h3-12H,2H2,1H3,(H,19,21). The first kappa shape index (κ1) is 15.6. The van der Waals surface area contributed by atoms with E-state index in [1.165, 1.54) is 12.5 Å². The number of carbonyl (C=O) groups is 2. The quantitative estimate of drug-likeness (QED) is 0.774. The second kappa shape index (κ2) is 6.87. The zero-order valence-electron chi connectivity index (χ0n) is 13.1. The number of carbonyl (C=O) groups excluding carboxylic acids is 2. The van der Waals surface area contributed by atoms with Crippen molar-refractivity contribution in [3.05, 3.63) is 72.6 Å². The Bertz CT molecular complexity index is 823. The fourth-order valence-corrected chi connectivity index (χ4v) is 2.33. The van der Waals surface area contributed by atoms with E-state index in [0.717, 1.165) is 0 Å². The number of hydrogen-bond donors (Lipinski definition) is 1. The van der Waals surface area contributed by atoms with Crippen LogP contribution in [-0.4, -0.2) is 18.4 Å². The molecule has 1 aromatic carbocycles. The fraction of sp³-hybridized carbons (Fsp3) is 0.111. The zero-order chi connectivity index (χ0) is 16.9. The number of hydrogen-bond acceptors (Lipinski definition) is 4. The predicted octanol–water partition coefficient (Wildman–Crippen LogP) is 3.79. The van der Waals surface area contributed by atoms with Crippen LogP contribution in [-0.2, 0) is 0 Å². The second-order valence-corrected chi connectivity index (χ2v) is 5.01. The van der Waals surface area contributed by atoms with Crippen LogP contribution in [0.15, 0.2) is 69.9 Å². The van der Waals surface area contributed by atoms with Crippen molar-refractivity contribution in [2.45, 2.75) is 6.92 Å². The molecule has 1 N–H and O–H groups in total. The number of furan rings is 2. The largest absolute Gasteiger partial charge is 0.459 e. The molecule has 3 aromatic rings. The van der Waals surface area contributed by atoms with Gasteiger partial charge in [0.25, 0.3) is 11.8 Å². The maximum Gasteiger partial charge on any atom is 0.293 e. The Labute approximate surface area is 138 Å². The predicted molar refractivity (Wildman–Crippen MR) is 89.2 cm³/mol. The molecule has 0 spiro atoms. The summed E-state index contributed by atoms with van der Waals surface area (Å²) in [5, 5.41) is 2.74. The number of nitrogens with zero attached hydrogens (tertiary/aromatic N) is 1. The highest BCUT2D eigenvalue weighted by Crippen LogP contribution is 2.22. The molecule has 0 aliphatic carbocycles. The van der Waals surface area contributed by atoms with Crippen molar-refractivity contribution < 1.29 is 18.4 Å². The molecular weight excluding hydrogens is 308 g/mol. The van der Waals surface area contributed by atoms with E-state index in [4.69, 9.17) is 8.83 Å². The van der Waals surface area contributed by atoms with E-state index in [-0.39, 0.29) is 23.3 Å². The molecule has 0 saturated heterocycles. The summed E-state index contributed by atoms with van der Waals surface area (Å²) in [4.78, 5) is 26.1. The molecule has 6 nitrogen and oxygen atoms in total. The van der Waals surface area contributed by atoms with Gasteiger partial charge in [-0.25, -0.2) is 0 Å². The van der Waals surface area contributed by atoms with Crippen LogP contribution in [0.2, 0.25) is 0 Å². The van der Waals surface area contributed by atoms with E-state index in [0.29, 0.717) is 17.9 Å². The summed E-state index contributed by atoms with van der Waals surface area (Å²) >= 11 is 0. The van der Waals surface area contributed by atoms with Crippen LogP contribution < -0.4 is 10.2 Å². The summed E-state index contributed by atoms with van der Waals surface area (Å²) in [7, 11) is 0. The van der Waals surface area contributed by atoms with Crippen LogP contribution in [0.5, 0.6) is 0 Å². The third-order valence-electron chi connectivity index (χ3n) is 3.45. The summed E-state index contributed by atoms with van der Waals surface area (Å²) in [6.45, 7) is 2.34. The highest BCUT2D eigenvalue weighted by molar-refractivity contribution is 6.05. The number of benzene rings is 1. The van der Waals surface area contributed by atoms with Gasteiger partial charge in [0.05, 0.1) is 12.5 Å². The van der Waals surface area contributed by atoms with Crippen LogP contribution >= 0.6 is 0 Å². The summed E-state index contributed by atoms with van der Waals surface area (Å²) < 4.78 is 10.2. The van der Waals surface area contributed by atoms with Crippen molar-refractivity contribution in [3.8, 4) is 0 Å². The Hall–Kier alpha value is -3.28. The molecule has 2 aromatic heterocycles. The van der Waals surface area contributed by atoms with Crippen LogP contribution in [0.25, 0.3) is 0 Å². The lowest BCUT2D eigenvalue weighted by Crippen LogP contribution is -2.30. The van der Waals surface area contributed by atoms with Crippen molar-refractivity contribution in [2.75, 3.05) is 16.8 Å². The Morgan fingerprint density at radius 1 is 1.00 bits per heavy atom. The van der Waals surface area contributed by atoms with E-state index in [1.807, 2.05) is 6.92 Å². The smallest absolute Gasteiger partial charge is 0.293 e. The monoisotopic (exact) mass is 324 g/mol. The van der Waals surface area contributed by atoms with Gasteiger partial charge in [0.2, 0.25) is 0 Å². The minimum absolute atomic E-state index is 0.222. The highest BCUT2D eigenvalue weighted by atomic mass is 16.3. The van der Waals surface area contributed by atoms with E-state index in [2.05, 4.69) is 5.32 Å². The molecule has 0 aliphatic rings. The van der Waals surface area contributed by atoms with Gasteiger partial charge < -0.3 is 19.1 Å². The van der Waals surface area contributed by atoms with Crippen molar-refractivity contribution >= 4 is 23.2 Å². The lowest BCUT2D eigenvalue weighted by molar-refractivity contribution is 0.0960. The van der Waals surface area contributed by atoms with Gasteiger partial charge in [-0.3, -0.25) is 9.59 Å². The lowest BCUT2D eigenvalue weighted by atomic mass is 10.2. The molecule has 0 bridgehead atoms. The molecule has 0 saturated carbocycles. The van der Waals surface area contributed by atoms with Gasteiger partial charge in [-0.2, -0.15) is 0 Å². The third kappa shape index (κ3) is 3.22. The first-order valence-electron chi connectivity index (χ1n) is 7.49. The maximum atomic E-state index is 12.5. The SMILES string of the molecule is CCN(C(=O)c1ccco1)c1cccc(NC(=O)c2ccco2)c1. The van der Waals surface area contributed by atoms with Crippen molar-refractivity contribution in [1.82, 2.24) is 0 Å². The summed E-state index contributed by atoms with van der Waals surface area (Å²) in [5.41, 5.74) is 1.23. The molecule has 2 heterocycles. The number of rotatable bonds is 5. The second-order valence-electron chi connectivity index (χ2n) is 5.01. The number of nitrogens with one attached hydrogen (secondary N) is 1. The molecule has 3 rings (SSSR count).